The topological polar surface area (TPSA) is 9.23 Å². The van der Waals surface area contributed by atoms with Crippen molar-refractivity contribution in [3.63, 3.8) is 0 Å². The van der Waals surface area contributed by atoms with Crippen LogP contribution in [0.2, 0.25) is 0 Å². The van der Waals surface area contributed by atoms with Gasteiger partial charge in [0.2, 0.25) is 0 Å². The van der Waals surface area contributed by atoms with E-state index in [0.29, 0.717) is 10.0 Å². The molecule has 0 atom stereocenters. The molecule has 2 aromatic rings. The van der Waals surface area contributed by atoms with Crippen molar-refractivity contribution in [3.8, 4) is 5.75 Å². The molecular weight excluding hydrogens is 302 g/mol. The zero-order chi connectivity index (χ0) is 13.1. The molecule has 4 heteroatoms. The average Bonchev–Trinajstić information content (AvgIpc) is 2.32. The van der Waals surface area contributed by atoms with Crippen molar-refractivity contribution in [1.29, 1.82) is 0 Å². The van der Waals surface area contributed by atoms with Crippen LogP contribution < -0.4 is 4.74 Å². The van der Waals surface area contributed by atoms with Crippen LogP contribution in [0.3, 0.4) is 0 Å². The van der Waals surface area contributed by atoms with Gasteiger partial charge in [-0.1, -0.05) is 28.1 Å². The molecule has 0 aliphatic rings. The third-order valence-electron chi connectivity index (χ3n) is 2.48. The van der Waals surface area contributed by atoms with Crippen molar-refractivity contribution in [2.45, 2.75) is 13.5 Å². The normalized spacial score (nSPS) is 10.4. The zero-order valence-electron chi connectivity index (χ0n) is 9.71. The predicted octanol–water partition coefficient (Wildman–Crippen LogP) is 4.61. The van der Waals surface area contributed by atoms with Crippen LogP contribution in [0.15, 0.2) is 40.9 Å². The van der Waals surface area contributed by atoms with Crippen LogP contribution >= 0.6 is 15.9 Å². The number of benzene rings is 2. The molecule has 0 heterocycles. The highest BCUT2D eigenvalue weighted by Crippen LogP contribution is 2.21. The Balaban J connectivity index is 2.13. The third-order valence-corrected chi connectivity index (χ3v) is 2.98. The summed E-state index contributed by atoms with van der Waals surface area (Å²) in [7, 11) is 0. The van der Waals surface area contributed by atoms with E-state index in [-0.39, 0.29) is 18.2 Å². The number of rotatable bonds is 3. The lowest BCUT2D eigenvalue weighted by atomic mass is 10.2. The van der Waals surface area contributed by atoms with Crippen LogP contribution in [0.1, 0.15) is 11.1 Å². The summed E-state index contributed by atoms with van der Waals surface area (Å²) in [5.74, 6) is -0.687. The van der Waals surface area contributed by atoms with E-state index in [1.807, 2.05) is 6.92 Å². The van der Waals surface area contributed by atoms with Crippen LogP contribution in [0.4, 0.5) is 8.78 Å². The summed E-state index contributed by atoms with van der Waals surface area (Å²) >= 11 is 3.17. The van der Waals surface area contributed by atoms with Gasteiger partial charge in [0.15, 0.2) is 11.6 Å². The zero-order valence-corrected chi connectivity index (χ0v) is 11.3. The molecule has 94 valence electrons. The smallest absolute Gasteiger partial charge is 0.165 e. The molecule has 2 aromatic carbocycles. The third kappa shape index (κ3) is 3.07. The van der Waals surface area contributed by atoms with E-state index in [0.717, 1.165) is 5.56 Å². The first kappa shape index (κ1) is 13.0. The van der Waals surface area contributed by atoms with E-state index in [9.17, 15) is 8.78 Å². The summed E-state index contributed by atoms with van der Waals surface area (Å²) in [4.78, 5) is 0. The van der Waals surface area contributed by atoms with Crippen molar-refractivity contribution >= 4 is 15.9 Å². The highest BCUT2D eigenvalue weighted by Gasteiger charge is 2.07. The van der Waals surface area contributed by atoms with Gasteiger partial charge in [-0.3, -0.25) is 0 Å². The van der Waals surface area contributed by atoms with Crippen molar-refractivity contribution in [2.75, 3.05) is 0 Å². The minimum absolute atomic E-state index is 0.000509. The van der Waals surface area contributed by atoms with Gasteiger partial charge in [0, 0.05) is 10.0 Å². The van der Waals surface area contributed by atoms with Gasteiger partial charge in [-0.15, -0.1) is 0 Å². The second-order valence-corrected chi connectivity index (χ2v) is 4.87. The summed E-state index contributed by atoms with van der Waals surface area (Å²) < 4.78 is 32.9. The largest absolute Gasteiger partial charge is 0.486 e. The summed E-state index contributed by atoms with van der Waals surface area (Å²) in [6.45, 7) is 1.84. The molecule has 2 rings (SSSR count). The molecule has 0 bridgehead atoms. The molecule has 0 saturated carbocycles. The van der Waals surface area contributed by atoms with E-state index in [2.05, 4.69) is 15.9 Å². The molecule has 0 spiro atoms. The summed E-state index contributed by atoms with van der Waals surface area (Å²) in [5.41, 5.74) is 1.28. The summed E-state index contributed by atoms with van der Waals surface area (Å²) in [6, 6.07) is 9.25. The van der Waals surface area contributed by atoms with E-state index in [1.165, 1.54) is 12.1 Å². The fraction of sp³-hybridized carbons (Fsp3) is 0.143. The molecule has 0 aromatic heterocycles. The van der Waals surface area contributed by atoms with Crippen LogP contribution in [0.25, 0.3) is 0 Å². The SMILES string of the molecule is Cc1ccc(F)c(OCc2ccc(Br)cc2F)c1. The van der Waals surface area contributed by atoms with E-state index in [4.69, 9.17) is 4.74 Å². The van der Waals surface area contributed by atoms with Crippen LogP contribution in [-0.2, 0) is 6.61 Å². The molecule has 0 N–H and O–H groups in total. The Labute approximate surface area is 113 Å². The van der Waals surface area contributed by atoms with Gasteiger partial charge < -0.3 is 4.74 Å². The number of hydrogen-bond acceptors (Lipinski definition) is 1. The van der Waals surface area contributed by atoms with Gasteiger partial charge in [-0.2, -0.15) is 0 Å². The Bertz CT molecular complexity index is 570. The lowest BCUT2D eigenvalue weighted by Gasteiger charge is -2.09. The highest BCUT2D eigenvalue weighted by atomic mass is 79.9. The second kappa shape index (κ2) is 5.48. The second-order valence-electron chi connectivity index (χ2n) is 3.96. The summed E-state index contributed by atoms with van der Waals surface area (Å²) in [6.07, 6.45) is 0. The standard InChI is InChI=1S/C14H11BrF2O/c1-9-2-5-12(16)14(6-9)18-8-10-3-4-11(15)7-13(10)17/h2-7H,8H2,1H3. The van der Waals surface area contributed by atoms with Crippen molar-refractivity contribution in [3.05, 3.63) is 63.6 Å². The Morgan fingerprint density at radius 1 is 1.06 bits per heavy atom. The molecule has 0 fully saturated rings. The van der Waals surface area contributed by atoms with Gasteiger partial charge in [0.25, 0.3) is 0 Å². The molecule has 1 nitrogen and oxygen atoms in total. The van der Waals surface area contributed by atoms with Gasteiger partial charge >= 0.3 is 0 Å². The molecule has 18 heavy (non-hydrogen) atoms. The number of aryl methyl sites for hydroxylation is 1. The molecule has 0 aliphatic carbocycles. The Kier molecular flexibility index (Phi) is 3.97. The maximum atomic E-state index is 13.5. The molecule has 0 amide bonds. The minimum atomic E-state index is -0.446. The monoisotopic (exact) mass is 312 g/mol. The van der Waals surface area contributed by atoms with Crippen LogP contribution in [-0.4, -0.2) is 0 Å². The lowest BCUT2D eigenvalue weighted by molar-refractivity contribution is 0.284. The average molecular weight is 313 g/mol. The lowest BCUT2D eigenvalue weighted by Crippen LogP contribution is -2.00. The molecule has 0 aliphatic heterocycles. The molecule has 0 unspecified atom stereocenters. The van der Waals surface area contributed by atoms with Gasteiger partial charge in [-0.05, 0) is 36.8 Å². The van der Waals surface area contributed by atoms with Gasteiger partial charge in [-0.25, -0.2) is 8.78 Å². The summed E-state index contributed by atoms with van der Waals surface area (Å²) in [5, 5.41) is 0. The first-order chi connectivity index (χ1) is 8.56. The van der Waals surface area contributed by atoms with Gasteiger partial charge in [0.1, 0.15) is 12.4 Å². The first-order valence-electron chi connectivity index (χ1n) is 5.39. The highest BCUT2D eigenvalue weighted by molar-refractivity contribution is 9.10. The van der Waals surface area contributed by atoms with Crippen molar-refractivity contribution in [2.24, 2.45) is 0 Å². The Hall–Kier alpha value is -1.42. The fourth-order valence-corrected chi connectivity index (χ4v) is 1.85. The maximum absolute atomic E-state index is 13.5. The molecule has 0 saturated heterocycles. The van der Waals surface area contributed by atoms with Crippen molar-refractivity contribution < 1.29 is 13.5 Å². The van der Waals surface area contributed by atoms with E-state index < -0.39 is 5.82 Å². The number of ether oxygens (including phenoxy) is 1. The van der Waals surface area contributed by atoms with Crippen LogP contribution in [0, 0.1) is 18.6 Å². The predicted molar refractivity (Wildman–Crippen MR) is 69.6 cm³/mol. The van der Waals surface area contributed by atoms with E-state index in [1.54, 1.807) is 24.3 Å². The van der Waals surface area contributed by atoms with Crippen LogP contribution in [0.5, 0.6) is 5.75 Å². The molecule has 0 radical (unpaired) electrons. The quantitative estimate of drug-likeness (QED) is 0.804. The maximum Gasteiger partial charge on any atom is 0.165 e. The van der Waals surface area contributed by atoms with Gasteiger partial charge in [0.05, 0.1) is 0 Å². The van der Waals surface area contributed by atoms with Crippen molar-refractivity contribution in [1.82, 2.24) is 0 Å². The fourth-order valence-electron chi connectivity index (χ4n) is 1.52. The minimum Gasteiger partial charge on any atom is -0.486 e. The number of hydrogen-bond donors (Lipinski definition) is 0. The molecular formula is C14H11BrF2O. The number of halogens is 3. The Morgan fingerprint density at radius 2 is 1.83 bits per heavy atom. The Morgan fingerprint density at radius 3 is 2.56 bits per heavy atom. The van der Waals surface area contributed by atoms with E-state index >= 15 is 0 Å². The first-order valence-corrected chi connectivity index (χ1v) is 6.18.